The number of carbonyl (C=O) groups excluding carboxylic acids is 1. The number of hydrogen-bond acceptors (Lipinski definition) is 7. The summed E-state index contributed by atoms with van der Waals surface area (Å²) in [6, 6.07) is 11.7. The van der Waals surface area contributed by atoms with Gasteiger partial charge in [-0.05, 0) is 49.4 Å². The predicted molar refractivity (Wildman–Crippen MR) is 104 cm³/mol. The molecule has 2 heterocycles. The Labute approximate surface area is 167 Å². The Morgan fingerprint density at radius 1 is 1.17 bits per heavy atom. The van der Waals surface area contributed by atoms with Gasteiger partial charge >= 0.3 is 5.97 Å². The second-order valence-corrected chi connectivity index (χ2v) is 7.67. The number of carbonyl (C=O) groups is 1. The maximum absolute atomic E-state index is 12.4. The number of sulfonamides is 1. The lowest BCUT2D eigenvalue weighted by atomic mass is 10.2. The third-order valence-electron chi connectivity index (χ3n) is 3.93. The summed E-state index contributed by atoms with van der Waals surface area (Å²) in [5.41, 5.74) is 0.363. The molecule has 0 aliphatic carbocycles. The lowest BCUT2D eigenvalue weighted by Gasteiger charge is -2.09. The Bertz CT molecular complexity index is 1140. The molecule has 0 saturated carbocycles. The van der Waals surface area contributed by atoms with Crippen LogP contribution in [-0.2, 0) is 21.3 Å². The van der Waals surface area contributed by atoms with Gasteiger partial charge in [0.05, 0.1) is 29.9 Å². The van der Waals surface area contributed by atoms with Crippen LogP contribution in [0, 0.1) is 0 Å². The first-order valence-corrected chi connectivity index (χ1v) is 10.3. The first kappa shape index (κ1) is 20.5. The van der Waals surface area contributed by atoms with Crippen LogP contribution in [0.4, 0.5) is 0 Å². The van der Waals surface area contributed by atoms with Gasteiger partial charge in [0.15, 0.2) is 5.76 Å². The van der Waals surface area contributed by atoms with Crippen molar-refractivity contribution in [1.29, 1.82) is 0 Å². The Balaban J connectivity index is 1.66. The highest BCUT2D eigenvalue weighted by molar-refractivity contribution is 7.89. The monoisotopic (exact) mass is 417 g/mol. The number of esters is 1. The highest BCUT2D eigenvalue weighted by Crippen LogP contribution is 2.15. The smallest absolute Gasteiger partial charge is 0.338 e. The van der Waals surface area contributed by atoms with Crippen molar-refractivity contribution in [1.82, 2.24) is 14.5 Å². The van der Waals surface area contributed by atoms with Crippen molar-refractivity contribution in [2.24, 2.45) is 0 Å². The van der Waals surface area contributed by atoms with E-state index in [1.165, 1.54) is 42.7 Å². The number of rotatable bonds is 8. The van der Waals surface area contributed by atoms with Crippen LogP contribution in [0.15, 0.2) is 68.9 Å². The van der Waals surface area contributed by atoms with Crippen molar-refractivity contribution < 1.29 is 22.4 Å². The zero-order valence-corrected chi connectivity index (χ0v) is 16.4. The van der Waals surface area contributed by atoms with Crippen LogP contribution >= 0.6 is 0 Å². The molecule has 3 aromatic rings. The maximum Gasteiger partial charge on any atom is 0.338 e. The first-order valence-electron chi connectivity index (χ1n) is 8.79. The molecule has 9 nitrogen and oxygen atoms in total. The van der Waals surface area contributed by atoms with E-state index in [-0.39, 0.29) is 35.7 Å². The fraction of sp³-hybridized carbons (Fsp3) is 0.211. The van der Waals surface area contributed by atoms with Crippen LogP contribution < -0.4 is 10.3 Å². The van der Waals surface area contributed by atoms with Crippen molar-refractivity contribution in [3.8, 4) is 11.5 Å². The lowest BCUT2D eigenvalue weighted by molar-refractivity contribution is 0.0526. The summed E-state index contributed by atoms with van der Waals surface area (Å²) in [6.07, 6.45) is 1.49. The summed E-state index contributed by atoms with van der Waals surface area (Å²) in [4.78, 5) is 23.6. The van der Waals surface area contributed by atoms with Crippen LogP contribution in [0.2, 0.25) is 0 Å². The van der Waals surface area contributed by atoms with Gasteiger partial charge in [0.2, 0.25) is 10.0 Å². The van der Waals surface area contributed by atoms with Crippen LogP contribution in [0.3, 0.4) is 0 Å². The maximum atomic E-state index is 12.4. The Hall–Kier alpha value is -3.24. The summed E-state index contributed by atoms with van der Waals surface area (Å²) in [6.45, 7) is 1.91. The second-order valence-electron chi connectivity index (χ2n) is 5.90. The van der Waals surface area contributed by atoms with E-state index < -0.39 is 16.0 Å². The number of hydrogen-bond donors (Lipinski definition) is 1. The molecule has 0 fully saturated rings. The molecule has 0 saturated heterocycles. The Morgan fingerprint density at radius 2 is 1.93 bits per heavy atom. The summed E-state index contributed by atoms with van der Waals surface area (Å²) in [7, 11) is -3.82. The fourth-order valence-electron chi connectivity index (χ4n) is 2.52. The molecule has 0 atom stereocenters. The third kappa shape index (κ3) is 4.98. The molecule has 0 unspecified atom stereocenters. The van der Waals surface area contributed by atoms with E-state index in [1.807, 2.05) is 0 Å². The molecule has 1 aromatic carbocycles. The Kier molecular flexibility index (Phi) is 6.25. The Morgan fingerprint density at radius 3 is 2.59 bits per heavy atom. The lowest BCUT2D eigenvalue weighted by Crippen LogP contribution is -2.32. The zero-order chi connectivity index (χ0) is 20.9. The van der Waals surface area contributed by atoms with E-state index in [0.29, 0.717) is 11.5 Å². The van der Waals surface area contributed by atoms with Crippen LogP contribution in [0.5, 0.6) is 0 Å². The number of benzene rings is 1. The van der Waals surface area contributed by atoms with Gasteiger partial charge in [-0.15, -0.1) is 0 Å². The molecule has 2 aromatic heterocycles. The molecule has 1 N–H and O–H groups in total. The van der Waals surface area contributed by atoms with Crippen molar-refractivity contribution in [3.63, 3.8) is 0 Å². The SMILES string of the molecule is CCOC(=O)c1ccc(S(=O)(=O)NCCn2nc(-c3ccco3)ccc2=O)cc1. The minimum Gasteiger partial charge on any atom is -0.463 e. The first-order chi connectivity index (χ1) is 13.9. The standard InChI is InChI=1S/C19H19N3O6S/c1-2-27-19(24)14-5-7-15(8-6-14)29(25,26)20-11-12-22-18(23)10-9-16(21-22)17-4-3-13-28-17/h3-10,13,20H,2,11-12H2,1H3. The van der Waals surface area contributed by atoms with E-state index in [0.717, 1.165) is 4.68 Å². The van der Waals surface area contributed by atoms with Crippen molar-refractivity contribution in [2.75, 3.05) is 13.2 Å². The van der Waals surface area contributed by atoms with Crippen molar-refractivity contribution >= 4 is 16.0 Å². The fourth-order valence-corrected chi connectivity index (χ4v) is 3.54. The summed E-state index contributed by atoms with van der Waals surface area (Å²) < 4.78 is 38.5. The largest absolute Gasteiger partial charge is 0.463 e. The van der Waals surface area contributed by atoms with E-state index >= 15 is 0 Å². The molecule has 0 amide bonds. The number of nitrogens with one attached hydrogen (secondary N) is 1. The average Bonchev–Trinajstić information content (AvgIpc) is 3.24. The minimum atomic E-state index is -3.82. The quantitative estimate of drug-likeness (QED) is 0.553. The molecule has 0 radical (unpaired) electrons. The molecular weight excluding hydrogens is 398 g/mol. The van der Waals surface area contributed by atoms with Crippen molar-refractivity contribution in [2.45, 2.75) is 18.4 Å². The van der Waals surface area contributed by atoms with Gasteiger partial charge in [-0.25, -0.2) is 22.6 Å². The van der Waals surface area contributed by atoms with Crippen molar-refractivity contribution in [3.05, 3.63) is 70.7 Å². The summed E-state index contributed by atoms with van der Waals surface area (Å²) in [5, 5.41) is 4.18. The molecule has 0 aliphatic heterocycles. The highest BCUT2D eigenvalue weighted by Gasteiger charge is 2.15. The van der Waals surface area contributed by atoms with Gasteiger partial charge in [0, 0.05) is 12.6 Å². The molecule has 29 heavy (non-hydrogen) atoms. The predicted octanol–water partition coefficient (Wildman–Crippen LogP) is 1.66. The molecule has 0 bridgehead atoms. The normalized spacial score (nSPS) is 11.3. The van der Waals surface area contributed by atoms with Gasteiger partial charge in [-0.1, -0.05) is 0 Å². The van der Waals surface area contributed by atoms with Crippen LogP contribution in [0.1, 0.15) is 17.3 Å². The number of furan rings is 1. The van der Waals surface area contributed by atoms with Crippen LogP contribution in [-0.4, -0.2) is 37.3 Å². The number of nitrogens with zero attached hydrogens (tertiary/aromatic N) is 2. The third-order valence-corrected chi connectivity index (χ3v) is 5.41. The van der Waals surface area contributed by atoms with E-state index in [9.17, 15) is 18.0 Å². The van der Waals surface area contributed by atoms with E-state index in [2.05, 4.69) is 9.82 Å². The highest BCUT2D eigenvalue weighted by atomic mass is 32.2. The van der Waals surface area contributed by atoms with Gasteiger partial charge in [-0.3, -0.25) is 4.79 Å². The second kappa shape index (κ2) is 8.84. The number of ether oxygens (including phenoxy) is 1. The van der Waals surface area contributed by atoms with Gasteiger partial charge in [-0.2, -0.15) is 5.10 Å². The van der Waals surface area contributed by atoms with E-state index in [4.69, 9.17) is 9.15 Å². The van der Waals surface area contributed by atoms with Gasteiger partial charge < -0.3 is 9.15 Å². The zero-order valence-electron chi connectivity index (χ0n) is 15.6. The number of aromatic nitrogens is 2. The molecule has 10 heteroatoms. The molecule has 0 aliphatic rings. The molecule has 0 spiro atoms. The average molecular weight is 417 g/mol. The molecule has 3 rings (SSSR count). The molecule has 152 valence electrons. The summed E-state index contributed by atoms with van der Waals surface area (Å²) in [5.74, 6) is -0.0210. The summed E-state index contributed by atoms with van der Waals surface area (Å²) >= 11 is 0. The minimum absolute atomic E-state index is 0.00445. The molecular formula is C19H19N3O6S. The van der Waals surface area contributed by atoms with E-state index in [1.54, 1.807) is 19.1 Å². The van der Waals surface area contributed by atoms with Crippen LogP contribution in [0.25, 0.3) is 11.5 Å². The topological polar surface area (TPSA) is 120 Å². The van der Waals surface area contributed by atoms with Gasteiger partial charge in [0.1, 0.15) is 5.69 Å². The van der Waals surface area contributed by atoms with Gasteiger partial charge in [0.25, 0.3) is 5.56 Å².